The number of hydrogen-bond donors (Lipinski definition) is 0. The zero-order chi connectivity index (χ0) is 15.2. The smallest absolute Gasteiger partial charge is 0.272 e. The topological polar surface area (TPSA) is 48.9 Å². The van der Waals surface area contributed by atoms with E-state index >= 15 is 0 Å². The van der Waals surface area contributed by atoms with Gasteiger partial charge in [-0.2, -0.15) is 0 Å². The molecule has 1 aliphatic rings. The van der Waals surface area contributed by atoms with Crippen LogP contribution in [0.2, 0.25) is 0 Å². The third kappa shape index (κ3) is 4.41. The second-order valence-corrected chi connectivity index (χ2v) is 5.46. The number of anilines is 1. The van der Waals surface area contributed by atoms with Gasteiger partial charge >= 0.3 is 0 Å². The minimum absolute atomic E-state index is 0.0709. The van der Waals surface area contributed by atoms with Crippen LogP contribution in [0, 0.1) is 0 Å². The second-order valence-electron chi connectivity index (χ2n) is 5.46. The number of rotatable bonds is 5. The summed E-state index contributed by atoms with van der Waals surface area (Å²) in [7, 11) is 5.48. The van der Waals surface area contributed by atoms with E-state index < -0.39 is 0 Å². The molecule has 0 aliphatic carbocycles. The van der Waals surface area contributed by atoms with Crippen LogP contribution < -0.4 is 4.90 Å². The summed E-state index contributed by atoms with van der Waals surface area (Å²) in [4.78, 5) is 22.4. The Kier molecular flexibility index (Phi) is 5.52. The van der Waals surface area contributed by atoms with Crippen LogP contribution in [0.4, 0.5) is 5.82 Å². The highest BCUT2D eigenvalue weighted by Gasteiger charge is 2.13. The maximum Gasteiger partial charge on any atom is 0.272 e. The van der Waals surface area contributed by atoms with Crippen molar-refractivity contribution in [2.45, 2.75) is 0 Å². The van der Waals surface area contributed by atoms with E-state index in [9.17, 15) is 4.79 Å². The maximum atomic E-state index is 11.9. The molecule has 0 saturated carbocycles. The van der Waals surface area contributed by atoms with E-state index in [1.54, 1.807) is 25.1 Å². The van der Waals surface area contributed by atoms with Crippen LogP contribution in [0.5, 0.6) is 0 Å². The highest BCUT2D eigenvalue weighted by atomic mass is 16.5. The first-order chi connectivity index (χ1) is 10.1. The first-order valence-corrected chi connectivity index (χ1v) is 7.28. The van der Waals surface area contributed by atoms with Crippen molar-refractivity contribution in [1.29, 1.82) is 0 Å². The average molecular weight is 292 g/mol. The van der Waals surface area contributed by atoms with Crippen molar-refractivity contribution in [1.82, 2.24) is 14.8 Å². The fourth-order valence-corrected chi connectivity index (χ4v) is 2.21. The Morgan fingerprint density at radius 2 is 2.00 bits per heavy atom. The minimum Gasteiger partial charge on any atom is -0.379 e. The standard InChI is InChI=1S/C15H24N4O2/c1-17(2)15(20)13-5-4-6-14(16-13)18(3)7-8-19-9-11-21-12-10-19/h4-6H,7-12H2,1-3H3. The average Bonchev–Trinajstić information content (AvgIpc) is 2.53. The first-order valence-electron chi connectivity index (χ1n) is 7.28. The van der Waals surface area contributed by atoms with Gasteiger partial charge in [0.05, 0.1) is 13.2 Å². The van der Waals surface area contributed by atoms with Gasteiger partial charge in [-0.25, -0.2) is 4.98 Å². The van der Waals surface area contributed by atoms with E-state index in [1.165, 1.54) is 0 Å². The normalized spacial score (nSPS) is 15.8. The molecule has 0 aromatic carbocycles. The number of ether oxygens (including phenoxy) is 1. The van der Waals surface area contributed by atoms with Crippen molar-refractivity contribution in [2.75, 3.05) is 65.4 Å². The van der Waals surface area contributed by atoms with Gasteiger partial charge in [0.15, 0.2) is 0 Å². The largest absolute Gasteiger partial charge is 0.379 e. The van der Waals surface area contributed by atoms with Crippen molar-refractivity contribution in [2.24, 2.45) is 0 Å². The molecule has 1 fully saturated rings. The summed E-state index contributed by atoms with van der Waals surface area (Å²) >= 11 is 0. The van der Waals surface area contributed by atoms with Crippen LogP contribution in [-0.4, -0.2) is 81.2 Å². The fourth-order valence-electron chi connectivity index (χ4n) is 2.21. The van der Waals surface area contributed by atoms with E-state index in [2.05, 4.69) is 14.8 Å². The highest BCUT2D eigenvalue weighted by Crippen LogP contribution is 2.11. The molecule has 1 aliphatic heterocycles. The lowest BCUT2D eigenvalue weighted by Crippen LogP contribution is -2.40. The number of aromatic nitrogens is 1. The van der Waals surface area contributed by atoms with E-state index in [1.807, 2.05) is 19.2 Å². The Balaban J connectivity index is 1.93. The molecular formula is C15H24N4O2. The summed E-state index contributed by atoms with van der Waals surface area (Å²) in [5.41, 5.74) is 0.482. The van der Waals surface area contributed by atoms with Gasteiger partial charge < -0.3 is 14.5 Å². The molecule has 6 heteroatoms. The molecule has 1 amide bonds. The third-order valence-electron chi connectivity index (χ3n) is 3.61. The van der Waals surface area contributed by atoms with Crippen LogP contribution >= 0.6 is 0 Å². The van der Waals surface area contributed by atoms with Crippen molar-refractivity contribution >= 4 is 11.7 Å². The Labute approximate surface area is 126 Å². The van der Waals surface area contributed by atoms with Gasteiger partial charge in [-0.3, -0.25) is 9.69 Å². The number of pyridine rings is 1. The maximum absolute atomic E-state index is 11.9. The molecule has 2 heterocycles. The summed E-state index contributed by atoms with van der Waals surface area (Å²) in [5.74, 6) is 0.759. The SMILES string of the molecule is CN(C)C(=O)c1cccc(N(C)CCN2CCOCC2)n1. The second kappa shape index (κ2) is 7.38. The predicted octanol–water partition coefficient (Wildman–Crippen LogP) is 0.552. The van der Waals surface area contributed by atoms with Crippen LogP contribution in [0.25, 0.3) is 0 Å². The van der Waals surface area contributed by atoms with E-state index in [0.717, 1.165) is 45.2 Å². The molecule has 116 valence electrons. The van der Waals surface area contributed by atoms with Crippen LogP contribution in [0.1, 0.15) is 10.5 Å². The van der Waals surface area contributed by atoms with Crippen LogP contribution in [-0.2, 0) is 4.74 Å². The van der Waals surface area contributed by atoms with Crippen LogP contribution in [0.15, 0.2) is 18.2 Å². The number of nitrogens with zero attached hydrogens (tertiary/aromatic N) is 4. The molecule has 0 unspecified atom stereocenters. The van der Waals surface area contributed by atoms with Crippen molar-refractivity contribution in [3.63, 3.8) is 0 Å². The summed E-state index contributed by atoms with van der Waals surface area (Å²) < 4.78 is 5.35. The molecule has 21 heavy (non-hydrogen) atoms. The van der Waals surface area contributed by atoms with Crippen LogP contribution in [0.3, 0.4) is 0 Å². The molecule has 0 atom stereocenters. The van der Waals surface area contributed by atoms with Crippen molar-refractivity contribution < 1.29 is 9.53 Å². The summed E-state index contributed by atoms with van der Waals surface area (Å²) in [6, 6.07) is 5.57. The Morgan fingerprint density at radius 3 is 2.67 bits per heavy atom. The lowest BCUT2D eigenvalue weighted by molar-refractivity contribution is 0.0392. The molecule has 1 aromatic heterocycles. The Bertz CT molecular complexity index is 472. The Morgan fingerprint density at radius 1 is 1.29 bits per heavy atom. The molecule has 1 saturated heterocycles. The van der Waals surface area contributed by atoms with Gasteiger partial charge in [-0.1, -0.05) is 6.07 Å². The fraction of sp³-hybridized carbons (Fsp3) is 0.600. The summed E-state index contributed by atoms with van der Waals surface area (Å²) in [6.07, 6.45) is 0. The van der Waals surface area contributed by atoms with Gasteiger partial charge in [0.2, 0.25) is 0 Å². The monoisotopic (exact) mass is 292 g/mol. The number of amides is 1. The molecule has 0 radical (unpaired) electrons. The predicted molar refractivity (Wildman–Crippen MR) is 82.8 cm³/mol. The summed E-state index contributed by atoms with van der Waals surface area (Å²) in [5, 5.41) is 0. The number of carbonyl (C=O) groups is 1. The molecule has 0 bridgehead atoms. The van der Waals surface area contributed by atoms with E-state index in [-0.39, 0.29) is 5.91 Å². The molecule has 1 aromatic rings. The number of morpholine rings is 1. The number of hydrogen-bond acceptors (Lipinski definition) is 5. The minimum atomic E-state index is -0.0709. The van der Waals surface area contributed by atoms with Crippen molar-refractivity contribution in [3.8, 4) is 0 Å². The van der Waals surface area contributed by atoms with E-state index in [4.69, 9.17) is 4.74 Å². The quantitative estimate of drug-likeness (QED) is 0.793. The number of carbonyl (C=O) groups excluding carboxylic acids is 1. The van der Waals surface area contributed by atoms with Gasteiger partial charge in [0.25, 0.3) is 5.91 Å². The van der Waals surface area contributed by atoms with Crippen molar-refractivity contribution in [3.05, 3.63) is 23.9 Å². The summed E-state index contributed by atoms with van der Waals surface area (Å²) in [6.45, 7) is 5.46. The van der Waals surface area contributed by atoms with Gasteiger partial charge in [0, 0.05) is 47.3 Å². The van der Waals surface area contributed by atoms with E-state index in [0.29, 0.717) is 5.69 Å². The molecule has 2 rings (SSSR count). The molecular weight excluding hydrogens is 268 g/mol. The highest BCUT2D eigenvalue weighted by molar-refractivity contribution is 5.92. The Hall–Kier alpha value is -1.66. The lowest BCUT2D eigenvalue weighted by Gasteiger charge is -2.29. The zero-order valence-corrected chi connectivity index (χ0v) is 13.1. The van der Waals surface area contributed by atoms with Gasteiger partial charge in [-0.15, -0.1) is 0 Å². The molecule has 6 nitrogen and oxygen atoms in total. The van der Waals surface area contributed by atoms with Gasteiger partial charge in [0.1, 0.15) is 11.5 Å². The third-order valence-corrected chi connectivity index (χ3v) is 3.61. The van der Waals surface area contributed by atoms with Gasteiger partial charge in [-0.05, 0) is 12.1 Å². The first kappa shape index (κ1) is 15.7. The molecule has 0 N–H and O–H groups in total. The lowest BCUT2D eigenvalue weighted by atomic mass is 10.3. The number of likely N-dealkylation sites (N-methyl/N-ethyl adjacent to an activating group) is 1. The zero-order valence-electron chi connectivity index (χ0n) is 13.1. The molecule has 0 spiro atoms.